The monoisotopic (exact) mass is 254 g/mol. The molecule has 1 aromatic rings. The summed E-state index contributed by atoms with van der Waals surface area (Å²) in [6, 6.07) is 0. The van der Waals surface area contributed by atoms with E-state index in [1.807, 2.05) is 13.8 Å². The summed E-state index contributed by atoms with van der Waals surface area (Å²) in [4.78, 5) is 21.8. The molecule has 0 aliphatic heterocycles. The number of carboxylic acid groups (broad SMARTS) is 1. The highest BCUT2D eigenvalue weighted by Crippen LogP contribution is 2.13. The minimum absolute atomic E-state index is 0.0736. The van der Waals surface area contributed by atoms with E-state index in [0.29, 0.717) is 25.8 Å². The van der Waals surface area contributed by atoms with Gasteiger partial charge in [-0.05, 0) is 26.7 Å². The molecule has 1 heterocycles. The van der Waals surface area contributed by atoms with Crippen molar-refractivity contribution in [3.05, 3.63) is 17.0 Å². The molecular formula is C12H18N2O4. The van der Waals surface area contributed by atoms with Crippen LogP contribution in [0, 0.1) is 13.8 Å². The Morgan fingerprint density at radius 1 is 1.33 bits per heavy atom. The molecule has 18 heavy (non-hydrogen) atoms. The summed E-state index contributed by atoms with van der Waals surface area (Å²) in [5, 5.41) is 14.9. The fourth-order valence-corrected chi connectivity index (χ4v) is 1.65. The summed E-state index contributed by atoms with van der Waals surface area (Å²) in [5.41, 5.74) is 1.78. The van der Waals surface area contributed by atoms with Crippen molar-refractivity contribution in [2.24, 2.45) is 0 Å². The van der Waals surface area contributed by atoms with Crippen LogP contribution < -0.4 is 5.32 Å². The molecule has 6 nitrogen and oxygen atoms in total. The SMILES string of the molecule is Cc1noc(C)c1CCC(=O)NCCCC(=O)O. The summed E-state index contributed by atoms with van der Waals surface area (Å²) in [6.07, 6.45) is 1.47. The maximum Gasteiger partial charge on any atom is 0.303 e. The largest absolute Gasteiger partial charge is 0.481 e. The van der Waals surface area contributed by atoms with Crippen LogP contribution >= 0.6 is 0 Å². The van der Waals surface area contributed by atoms with Gasteiger partial charge in [-0.2, -0.15) is 0 Å². The maximum atomic E-state index is 11.5. The molecule has 0 aliphatic carbocycles. The maximum absolute atomic E-state index is 11.5. The lowest BCUT2D eigenvalue weighted by Crippen LogP contribution is -2.25. The minimum atomic E-state index is -0.847. The van der Waals surface area contributed by atoms with Gasteiger partial charge in [-0.1, -0.05) is 5.16 Å². The van der Waals surface area contributed by atoms with E-state index in [4.69, 9.17) is 9.63 Å². The molecule has 0 atom stereocenters. The molecule has 0 unspecified atom stereocenters. The topological polar surface area (TPSA) is 92.4 Å². The van der Waals surface area contributed by atoms with Crippen molar-refractivity contribution in [2.75, 3.05) is 6.54 Å². The van der Waals surface area contributed by atoms with Gasteiger partial charge >= 0.3 is 5.97 Å². The lowest BCUT2D eigenvalue weighted by atomic mass is 10.1. The van der Waals surface area contributed by atoms with Crippen LogP contribution in [-0.4, -0.2) is 28.7 Å². The molecule has 0 radical (unpaired) electrons. The van der Waals surface area contributed by atoms with Gasteiger partial charge in [0.2, 0.25) is 5.91 Å². The van der Waals surface area contributed by atoms with Crippen LogP contribution in [0.5, 0.6) is 0 Å². The van der Waals surface area contributed by atoms with Gasteiger partial charge < -0.3 is 14.9 Å². The number of nitrogens with zero attached hydrogens (tertiary/aromatic N) is 1. The minimum Gasteiger partial charge on any atom is -0.481 e. The van der Waals surface area contributed by atoms with E-state index in [-0.39, 0.29) is 12.3 Å². The molecule has 0 bridgehead atoms. The average Bonchev–Trinajstić information content (AvgIpc) is 2.62. The highest BCUT2D eigenvalue weighted by atomic mass is 16.5. The normalized spacial score (nSPS) is 10.3. The van der Waals surface area contributed by atoms with E-state index in [1.165, 1.54) is 0 Å². The van der Waals surface area contributed by atoms with Crippen LogP contribution in [0.2, 0.25) is 0 Å². The first kappa shape index (κ1) is 14.2. The summed E-state index contributed by atoms with van der Waals surface area (Å²) in [6.45, 7) is 4.06. The zero-order valence-corrected chi connectivity index (χ0v) is 10.7. The molecule has 100 valence electrons. The number of nitrogens with one attached hydrogen (secondary N) is 1. The summed E-state index contributed by atoms with van der Waals surface area (Å²) < 4.78 is 5.01. The third-order valence-corrected chi connectivity index (χ3v) is 2.67. The number of carbonyl (C=O) groups excluding carboxylic acids is 1. The zero-order valence-electron chi connectivity index (χ0n) is 10.7. The molecular weight excluding hydrogens is 236 g/mol. The molecule has 0 saturated heterocycles. The quantitative estimate of drug-likeness (QED) is 0.713. The predicted molar refractivity (Wildman–Crippen MR) is 64.2 cm³/mol. The summed E-state index contributed by atoms with van der Waals surface area (Å²) in [7, 11) is 0. The average molecular weight is 254 g/mol. The molecule has 1 amide bonds. The highest BCUT2D eigenvalue weighted by Gasteiger charge is 2.10. The van der Waals surface area contributed by atoms with Gasteiger partial charge in [0.15, 0.2) is 0 Å². The van der Waals surface area contributed by atoms with Crippen molar-refractivity contribution in [1.82, 2.24) is 10.5 Å². The standard InChI is InChI=1S/C12H18N2O4/c1-8-10(9(2)18-14-8)5-6-11(15)13-7-3-4-12(16)17/h3-7H2,1-2H3,(H,13,15)(H,16,17). The Morgan fingerprint density at radius 2 is 2.06 bits per heavy atom. The Labute approximate surface area is 105 Å². The van der Waals surface area contributed by atoms with Gasteiger partial charge in [-0.3, -0.25) is 9.59 Å². The second-order valence-corrected chi connectivity index (χ2v) is 4.15. The van der Waals surface area contributed by atoms with Crippen molar-refractivity contribution in [3.63, 3.8) is 0 Å². The van der Waals surface area contributed by atoms with Crippen LogP contribution in [0.15, 0.2) is 4.52 Å². The molecule has 1 aromatic heterocycles. The fourth-order valence-electron chi connectivity index (χ4n) is 1.65. The molecule has 6 heteroatoms. The van der Waals surface area contributed by atoms with Gasteiger partial charge in [-0.25, -0.2) is 0 Å². The second-order valence-electron chi connectivity index (χ2n) is 4.15. The van der Waals surface area contributed by atoms with Crippen molar-refractivity contribution >= 4 is 11.9 Å². The molecule has 0 spiro atoms. The number of carboxylic acids is 1. The Kier molecular flexibility index (Phi) is 5.35. The van der Waals surface area contributed by atoms with Crippen molar-refractivity contribution < 1.29 is 19.2 Å². The molecule has 2 N–H and O–H groups in total. The van der Waals surface area contributed by atoms with Gasteiger partial charge in [-0.15, -0.1) is 0 Å². The third kappa shape index (κ3) is 4.57. The summed E-state index contributed by atoms with van der Waals surface area (Å²) in [5.74, 6) is -0.188. The predicted octanol–water partition coefficient (Wildman–Crippen LogP) is 1.21. The van der Waals surface area contributed by atoms with E-state index in [1.54, 1.807) is 0 Å². The number of hydrogen-bond acceptors (Lipinski definition) is 4. The number of hydrogen-bond donors (Lipinski definition) is 2. The van der Waals surface area contributed by atoms with E-state index in [9.17, 15) is 9.59 Å². The van der Waals surface area contributed by atoms with E-state index in [2.05, 4.69) is 10.5 Å². The number of carbonyl (C=O) groups is 2. The summed E-state index contributed by atoms with van der Waals surface area (Å²) >= 11 is 0. The zero-order chi connectivity index (χ0) is 13.5. The van der Waals surface area contributed by atoms with Gasteiger partial charge in [0.05, 0.1) is 5.69 Å². The van der Waals surface area contributed by atoms with Crippen LogP contribution in [-0.2, 0) is 16.0 Å². The molecule has 0 aromatic carbocycles. The molecule has 0 aliphatic rings. The second kappa shape index (κ2) is 6.78. The van der Waals surface area contributed by atoms with Crippen LogP contribution in [0.4, 0.5) is 0 Å². The Bertz CT molecular complexity index is 406. The number of aryl methyl sites for hydroxylation is 2. The van der Waals surface area contributed by atoms with E-state index >= 15 is 0 Å². The number of aromatic nitrogens is 1. The van der Waals surface area contributed by atoms with Crippen LogP contribution in [0.3, 0.4) is 0 Å². The molecule has 1 rings (SSSR count). The Hall–Kier alpha value is -1.85. The van der Waals surface area contributed by atoms with Crippen molar-refractivity contribution in [2.45, 2.75) is 39.5 Å². The van der Waals surface area contributed by atoms with Gasteiger partial charge in [0, 0.05) is 24.9 Å². The lowest BCUT2D eigenvalue weighted by Gasteiger charge is -2.03. The highest BCUT2D eigenvalue weighted by molar-refractivity contribution is 5.76. The lowest BCUT2D eigenvalue weighted by molar-refractivity contribution is -0.137. The van der Waals surface area contributed by atoms with Crippen molar-refractivity contribution in [3.8, 4) is 0 Å². The molecule has 0 fully saturated rings. The van der Waals surface area contributed by atoms with Gasteiger partial charge in [0.1, 0.15) is 5.76 Å². The first-order valence-corrected chi connectivity index (χ1v) is 5.91. The van der Waals surface area contributed by atoms with Crippen LogP contribution in [0.25, 0.3) is 0 Å². The van der Waals surface area contributed by atoms with E-state index in [0.717, 1.165) is 17.0 Å². The first-order chi connectivity index (χ1) is 8.50. The van der Waals surface area contributed by atoms with Crippen LogP contribution in [0.1, 0.15) is 36.3 Å². The fraction of sp³-hybridized carbons (Fsp3) is 0.583. The van der Waals surface area contributed by atoms with E-state index < -0.39 is 5.97 Å². The number of rotatable bonds is 7. The number of aliphatic carboxylic acids is 1. The Balaban J connectivity index is 2.23. The van der Waals surface area contributed by atoms with Gasteiger partial charge in [0.25, 0.3) is 0 Å². The third-order valence-electron chi connectivity index (χ3n) is 2.67. The Morgan fingerprint density at radius 3 is 2.61 bits per heavy atom. The van der Waals surface area contributed by atoms with Crippen molar-refractivity contribution in [1.29, 1.82) is 0 Å². The smallest absolute Gasteiger partial charge is 0.303 e. The first-order valence-electron chi connectivity index (χ1n) is 5.91. The molecule has 0 saturated carbocycles. The number of amides is 1.